The fourth-order valence-electron chi connectivity index (χ4n) is 2.71. The van der Waals surface area contributed by atoms with Gasteiger partial charge in [-0.2, -0.15) is 0 Å². The van der Waals surface area contributed by atoms with Crippen LogP contribution in [0.4, 0.5) is 10.1 Å². The van der Waals surface area contributed by atoms with Gasteiger partial charge in [0.05, 0.1) is 13.2 Å². The van der Waals surface area contributed by atoms with Gasteiger partial charge in [-0.05, 0) is 24.3 Å². The van der Waals surface area contributed by atoms with E-state index >= 15 is 0 Å². The van der Waals surface area contributed by atoms with Crippen molar-refractivity contribution in [1.82, 2.24) is 10.1 Å². The number of pyridine rings is 1. The zero-order chi connectivity index (χ0) is 23.9. The van der Waals surface area contributed by atoms with Gasteiger partial charge in [0.15, 0.2) is 5.84 Å². The van der Waals surface area contributed by atoms with E-state index in [4.69, 9.17) is 26.1 Å². The summed E-state index contributed by atoms with van der Waals surface area (Å²) in [6, 6.07) is 7.66. The number of phosphoric ester groups is 1. The molecule has 14 heteroatoms. The van der Waals surface area contributed by atoms with E-state index < -0.39 is 26.4 Å². The molecule has 0 aliphatic rings. The lowest BCUT2D eigenvalue weighted by molar-refractivity contribution is -0.134. The SMILES string of the molecule is CN(N)/N=C(\N)c1ccc(-c2ccc(N(C)CC(COP(=O)(O)O)OC=O)cc2F)cn1. The van der Waals surface area contributed by atoms with Gasteiger partial charge in [-0.15, -0.1) is 5.10 Å². The number of hydrazine groups is 1. The Kier molecular flexibility index (Phi) is 8.63. The molecule has 0 aliphatic carbocycles. The van der Waals surface area contributed by atoms with Crippen molar-refractivity contribution in [2.24, 2.45) is 16.7 Å². The largest absolute Gasteiger partial charge is 0.469 e. The van der Waals surface area contributed by atoms with Crippen molar-refractivity contribution in [3.8, 4) is 11.1 Å². The summed E-state index contributed by atoms with van der Waals surface area (Å²) in [7, 11) is -1.62. The summed E-state index contributed by atoms with van der Waals surface area (Å²) in [5.74, 6) is 4.98. The van der Waals surface area contributed by atoms with Gasteiger partial charge in [0.25, 0.3) is 6.47 Å². The molecular formula is C18H24FN6O6P. The lowest BCUT2D eigenvalue weighted by atomic mass is 10.1. The van der Waals surface area contributed by atoms with E-state index in [0.29, 0.717) is 16.9 Å². The van der Waals surface area contributed by atoms with Gasteiger partial charge < -0.3 is 25.2 Å². The number of carbonyl (C=O) groups is 1. The maximum Gasteiger partial charge on any atom is 0.469 e. The average molecular weight is 470 g/mol. The Morgan fingerprint density at radius 1 is 1.34 bits per heavy atom. The number of phosphoric acid groups is 1. The van der Waals surface area contributed by atoms with Gasteiger partial charge in [-0.1, -0.05) is 6.07 Å². The van der Waals surface area contributed by atoms with E-state index in [1.54, 1.807) is 36.2 Å². The van der Waals surface area contributed by atoms with E-state index in [1.807, 2.05) is 0 Å². The van der Waals surface area contributed by atoms with Crippen LogP contribution < -0.4 is 16.5 Å². The highest BCUT2D eigenvalue weighted by Gasteiger charge is 2.21. The minimum absolute atomic E-state index is 0.00196. The van der Waals surface area contributed by atoms with Crippen LogP contribution >= 0.6 is 7.82 Å². The molecule has 0 bridgehead atoms. The van der Waals surface area contributed by atoms with Gasteiger partial charge in [-0.25, -0.2) is 19.9 Å². The Balaban J connectivity index is 2.15. The van der Waals surface area contributed by atoms with Crippen molar-refractivity contribution < 1.29 is 32.8 Å². The summed E-state index contributed by atoms with van der Waals surface area (Å²) < 4.78 is 34.8. The highest BCUT2D eigenvalue weighted by Crippen LogP contribution is 2.36. The first-order valence-corrected chi connectivity index (χ1v) is 10.6. The zero-order valence-electron chi connectivity index (χ0n) is 17.3. The number of hydrazone groups is 1. The topological polar surface area (TPSA) is 177 Å². The number of nitrogens with two attached hydrogens (primary N) is 2. The van der Waals surface area contributed by atoms with Gasteiger partial charge >= 0.3 is 7.82 Å². The number of ether oxygens (including phenoxy) is 1. The molecule has 1 atom stereocenters. The summed E-state index contributed by atoms with van der Waals surface area (Å²) in [6.07, 6.45) is 0.466. The van der Waals surface area contributed by atoms with Gasteiger partial charge in [-0.3, -0.25) is 14.3 Å². The number of rotatable bonds is 11. The number of hydrogen-bond donors (Lipinski definition) is 4. The van der Waals surface area contributed by atoms with Crippen LogP contribution in [0, 0.1) is 5.82 Å². The molecule has 6 N–H and O–H groups in total. The minimum Gasteiger partial charge on any atom is -0.460 e. The highest BCUT2D eigenvalue weighted by molar-refractivity contribution is 7.46. The Bertz CT molecular complexity index is 1000. The van der Waals surface area contributed by atoms with E-state index in [2.05, 4.69) is 14.6 Å². The maximum atomic E-state index is 14.8. The van der Waals surface area contributed by atoms with Crippen molar-refractivity contribution in [2.45, 2.75) is 6.10 Å². The molecule has 1 unspecified atom stereocenters. The molecule has 0 fully saturated rings. The van der Waals surface area contributed by atoms with Crippen LogP contribution in [0.25, 0.3) is 11.1 Å². The van der Waals surface area contributed by atoms with Crippen LogP contribution in [0.2, 0.25) is 0 Å². The number of nitrogens with zero attached hydrogens (tertiary/aromatic N) is 4. The summed E-state index contributed by atoms with van der Waals surface area (Å²) in [5, 5.41) is 4.89. The van der Waals surface area contributed by atoms with Crippen LogP contribution in [0.3, 0.4) is 0 Å². The van der Waals surface area contributed by atoms with Gasteiger partial charge in [0.2, 0.25) is 0 Å². The number of anilines is 1. The van der Waals surface area contributed by atoms with Crippen LogP contribution in [-0.2, 0) is 18.6 Å². The molecule has 12 nitrogen and oxygen atoms in total. The van der Waals surface area contributed by atoms with Crippen molar-refractivity contribution in [2.75, 3.05) is 32.1 Å². The van der Waals surface area contributed by atoms with Crippen molar-refractivity contribution in [1.29, 1.82) is 0 Å². The molecule has 0 radical (unpaired) electrons. The molecule has 0 saturated carbocycles. The lowest BCUT2D eigenvalue weighted by Crippen LogP contribution is -2.34. The van der Waals surface area contributed by atoms with Crippen molar-refractivity contribution in [3.05, 3.63) is 48.0 Å². The summed E-state index contributed by atoms with van der Waals surface area (Å²) in [6.45, 7) is -0.384. The number of halogens is 1. The monoisotopic (exact) mass is 470 g/mol. The van der Waals surface area contributed by atoms with E-state index in [0.717, 1.165) is 5.12 Å². The fourth-order valence-corrected chi connectivity index (χ4v) is 3.07. The van der Waals surface area contributed by atoms with Crippen LogP contribution in [0.5, 0.6) is 0 Å². The highest BCUT2D eigenvalue weighted by atomic mass is 31.2. The Labute approximate surface area is 183 Å². The number of hydrogen-bond acceptors (Lipinski definition) is 9. The second kappa shape index (κ2) is 11.0. The molecule has 0 amide bonds. The van der Waals surface area contributed by atoms with Gasteiger partial charge in [0.1, 0.15) is 17.6 Å². The third-order valence-electron chi connectivity index (χ3n) is 4.15. The number of benzene rings is 1. The summed E-state index contributed by atoms with van der Waals surface area (Å²) in [4.78, 5) is 34.0. The molecule has 32 heavy (non-hydrogen) atoms. The second-order valence-corrected chi connectivity index (χ2v) is 7.92. The maximum absolute atomic E-state index is 14.8. The Hall–Kier alpha value is -3.09. The van der Waals surface area contributed by atoms with Crippen molar-refractivity contribution in [3.63, 3.8) is 0 Å². The van der Waals surface area contributed by atoms with E-state index in [1.165, 1.54) is 19.3 Å². The third-order valence-corrected chi connectivity index (χ3v) is 4.64. The molecule has 174 valence electrons. The normalized spacial score (nSPS) is 12.9. The molecule has 2 aromatic rings. The number of likely N-dealkylation sites (N-methyl/N-ethyl adjacent to an activating group) is 1. The second-order valence-electron chi connectivity index (χ2n) is 6.68. The van der Waals surface area contributed by atoms with E-state index in [9.17, 15) is 13.8 Å². The van der Waals surface area contributed by atoms with Gasteiger partial charge in [0, 0.05) is 37.1 Å². The van der Waals surface area contributed by atoms with Crippen LogP contribution in [0.1, 0.15) is 5.69 Å². The molecule has 1 heterocycles. The average Bonchev–Trinajstić information content (AvgIpc) is 2.71. The Morgan fingerprint density at radius 3 is 2.59 bits per heavy atom. The number of amidine groups is 1. The molecule has 0 saturated heterocycles. The summed E-state index contributed by atoms with van der Waals surface area (Å²) in [5.41, 5.74) is 7.39. The lowest BCUT2D eigenvalue weighted by Gasteiger charge is -2.25. The zero-order valence-corrected chi connectivity index (χ0v) is 18.2. The number of carbonyl (C=O) groups excluding carboxylic acids is 1. The summed E-state index contributed by atoms with van der Waals surface area (Å²) >= 11 is 0. The van der Waals surface area contributed by atoms with Crippen LogP contribution in [0.15, 0.2) is 41.6 Å². The van der Waals surface area contributed by atoms with Crippen LogP contribution in [-0.4, -0.2) is 65.5 Å². The molecule has 2 rings (SSSR count). The molecule has 1 aromatic heterocycles. The minimum atomic E-state index is -4.73. The first-order chi connectivity index (χ1) is 15.0. The first-order valence-electron chi connectivity index (χ1n) is 9.09. The quantitative estimate of drug-likeness (QED) is 0.0892. The predicted molar refractivity (Wildman–Crippen MR) is 115 cm³/mol. The standard InChI is InChI=1S/C18H24FN6O6P/c1-24(9-14(30-11-26)10-31-32(27,28)29)13-4-5-15(16(19)7-13)12-3-6-17(22-8-12)18(20)23-25(2)21/h3-8,11,14H,9-10,21H2,1-2H3,(H2,20,23)(H2,27,28,29). The van der Waals surface area contributed by atoms with E-state index in [-0.39, 0.29) is 24.4 Å². The molecular weight excluding hydrogens is 446 g/mol. The first kappa shape index (κ1) is 25.2. The molecule has 1 aromatic carbocycles. The molecule has 0 aliphatic heterocycles. The molecule has 0 spiro atoms. The van der Waals surface area contributed by atoms with Crippen molar-refractivity contribution >= 4 is 25.8 Å². The third kappa shape index (κ3) is 7.55. The number of aromatic nitrogens is 1. The Morgan fingerprint density at radius 2 is 2.06 bits per heavy atom. The predicted octanol–water partition coefficient (Wildman–Crippen LogP) is 0.401. The smallest absolute Gasteiger partial charge is 0.460 e. The fraction of sp³-hybridized carbons (Fsp3) is 0.278.